The summed E-state index contributed by atoms with van der Waals surface area (Å²) in [4.78, 5) is 21.6. The Hall–Kier alpha value is -3.78. The van der Waals surface area contributed by atoms with Gasteiger partial charge in [-0.25, -0.2) is 23.7 Å². The predicted molar refractivity (Wildman–Crippen MR) is 210 cm³/mol. The van der Waals surface area contributed by atoms with Crippen LogP contribution in [-0.2, 0) is 0 Å². The molecule has 9 heteroatoms. The first kappa shape index (κ1) is 48.6. The Morgan fingerprint density at radius 1 is 0.479 bits per heavy atom. The minimum Gasteiger partial charge on any atom is -0.342 e. The molecule has 3 aromatic heterocycles. The van der Waals surface area contributed by atoms with Gasteiger partial charge < -0.3 is 15.0 Å². The van der Waals surface area contributed by atoms with E-state index in [1.54, 1.807) is 26.0 Å². The van der Waals surface area contributed by atoms with Crippen molar-refractivity contribution in [1.29, 1.82) is 0 Å². The van der Waals surface area contributed by atoms with E-state index < -0.39 is 0 Å². The van der Waals surface area contributed by atoms with Crippen LogP contribution >= 0.6 is 11.6 Å². The Balaban J connectivity index is -0.000000546. The summed E-state index contributed by atoms with van der Waals surface area (Å²) in [6.07, 6.45) is 0. The van der Waals surface area contributed by atoms with Crippen molar-refractivity contribution >= 4 is 44.7 Å². The topological polar surface area (TPSA) is 86.0 Å². The number of imidazole rings is 3. The van der Waals surface area contributed by atoms with Crippen molar-refractivity contribution < 1.29 is 8.78 Å². The zero-order chi connectivity index (χ0) is 38.1. The second-order valence-corrected chi connectivity index (χ2v) is 9.15. The number of hydrogen-bond donors (Lipinski definition) is 3. The Morgan fingerprint density at radius 2 is 0.875 bits per heavy atom. The summed E-state index contributed by atoms with van der Waals surface area (Å²) in [7, 11) is 0. The van der Waals surface area contributed by atoms with E-state index in [0.717, 1.165) is 50.1 Å². The summed E-state index contributed by atoms with van der Waals surface area (Å²) >= 11 is 6.06. The second kappa shape index (κ2) is 27.2. The van der Waals surface area contributed by atoms with Crippen molar-refractivity contribution in [2.24, 2.45) is 0 Å². The molecule has 6 rings (SSSR count). The first-order valence-electron chi connectivity index (χ1n) is 17.4. The maximum atomic E-state index is 13.3. The van der Waals surface area contributed by atoms with Gasteiger partial charge in [0.25, 0.3) is 0 Å². The summed E-state index contributed by atoms with van der Waals surface area (Å²) in [5.41, 5.74) is 7.00. The predicted octanol–water partition coefficient (Wildman–Crippen LogP) is 13.6. The molecule has 48 heavy (non-hydrogen) atoms. The van der Waals surface area contributed by atoms with Crippen molar-refractivity contribution in [2.75, 3.05) is 0 Å². The van der Waals surface area contributed by atoms with Crippen LogP contribution in [0, 0.1) is 53.2 Å². The molecule has 0 saturated heterocycles. The summed E-state index contributed by atoms with van der Waals surface area (Å²) in [5.74, 6) is 2.04. The number of hydrogen-bond acceptors (Lipinski definition) is 3. The molecule has 0 amide bonds. The average molecular weight is 689 g/mol. The highest BCUT2D eigenvalue weighted by atomic mass is 35.5. The summed E-state index contributed by atoms with van der Waals surface area (Å²) in [6, 6.07) is 10.8. The molecule has 0 aliphatic rings. The number of aryl methyl sites for hydroxylation is 6. The van der Waals surface area contributed by atoms with E-state index in [0.29, 0.717) is 22.2 Å². The molecule has 0 saturated carbocycles. The number of halogens is 3. The van der Waals surface area contributed by atoms with Gasteiger partial charge in [-0.05, 0) is 76.4 Å². The minimum absolute atomic E-state index is 0.200. The second-order valence-electron chi connectivity index (χ2n) is 8.77. The lowest BCUT2D eigenvalue weighted by Gasteiger charge is -1.95. The Labute approximate surface area is 294 Å². The lowest BCUT2D eigenvalue weighted by Crippen LogP contribution is -1.83. The Kier molecular flexibility index (Phi) is 27.5. The maximum Gasteiger partial charge on any atom is 0.153 e. The normalized spacial score (nSPS) is 8.94. The van der Waals surface area contributed by atoms with Gasteiger partial charge in [0.15, 0.2) is 5.82 Å². The molecule has 270 valence electrons. The molecule has 6 nitrogen and oxygen atoms in total. The average Bonchev–Trinajstić information content (AvgIpc) is 3.82. The smallest absolute Gasteiger partial charge is 0.153 e. The van der Waals surface area contributed by atoms with E-state index >= 15 is 0 Å². The fourth-order valence-corrected chi connectivity index (χ4v) is 4.01. The molecule has 3 heterocycles. The monoisotopic (exact) mass is 688 g/mol. The van der Waals surface area contributed by atoms with Gasteiger partial charge in [0, 0.05) is 6.07 Å². The summed E-state index contributed by atoms with van der Waals surface area (Å²) in [6.45, 7) is 35.0. The van der Waals surface area contributed by atoms with Crippen molar-refractivity contribution in [3.63, 3.8) is 0 Å². The number of nitrogens with zero attached hydrogens (tertiary/aromatic N) is 3. The zero-order valence-electron chi connectivity index (χ0n) is 32.9. The van der Waals surface area contributed by atoms with Crippen LogP contribution in [0.15, 0.2) is 36.4 Å². The van der Waals surface area contributed by atoms with Crippen LogP contribution < -0.4 is 0 Å². The molecule has 0 aliphatic carbocycles. The summed E-state index contributed by atoms with van der Waals surface area (Å²) in [5, 5.41) is 0.747. The van der Waals surface area contributed by atoms with Gasteiger partial charge >= 0.3 is 0 Å². The maximum absolute atomic E-state index is 13.3. The minimum atomic E-state index is -0.225. The van der Waals surface area contributed by atoms with Crippen LogP contribution in [0.5, 0.6) is 0 Å². The molecule has 3 aromatic carbocycles. The van der Waals surface area contributed by atoms with Crippen molar-refractivity contribution in [3.05, 3.63) is 87.2 Å². The Bertz CT molecular complexity index is 1580. The number of aromatic amines is 3. The molecule has 0 unspecified atom stereocenters. The first-order valence-corrected chi connectivity index (χ1v) is 17.8. The van der Waals surface area contributed by atoms with E-state index in [1.165, 1.54) is 6.07 Å². The largest absolute Gasteiger partial charge is 0.342 e. The zero-order valence-corrected chi connectivity index (χ0v) is 33.7. The van der Waals surface area contributed by atoms with Gasteiger partial charge in [0.05, 0.1) is 27.1 Å². The highest BCUT2D eigenvalue weighted by Gasteiger charge is 2.07. The molecular formula is C39H63ClF2N6. The van der Waals surface area contributed by atoms with Gasteiger partial charge in [-0.15, -0.1) is 0 Å². The van der Waals surface area contributed by atoms with Gasteiger partial charge in [-0.3, -0.25) is 0 Å². The van der Waals surface area contributed by atoms with Gasteiger partial charge in [0.2, 0.25) is 0 Å². The molecular weight excluding hydrogens is 626 g/mol. The molecule has 0 fully saturated rings. The number of fused-ring (bicyclic) bond motifs is 3. The van der Waals surface area contributed by atoms with E-state index in [-0.39, 0.29) is 11.6 Å². The van der Waals surface area contributed by atoms with E-state index in [9.17, 15) is 8.78 Å². The third kappa shape index (κ3) is 14.5. The molecule has 0 spiro atoms. The van der Waals surface area contributed by atoms with Gasteiger partial charge in [-0.2, -0.15) is 0 Å². The van der Waals surface area contributed by atoms with E-state index in [1.807, 2.05) is 129 Å². The number of rotatable bonds is 0. The fourth-order valence-electron chi connectivity index (χ4n) is 3.80. The lowest BCUT2D eigenvalue weighted by molar-refractivity contribution is 0.620. The number of aromatic nitrogens is 6. The standard InChI is InChI=1S/C9H9ClN2.2C9H9FN2.6C2H6/c1-5-3-4-7-9(8(5)10)12-6(2)11-7;1-5-3-8-9(4-7(5)10)12-6(2)11-8;1-5-3-4-7-9(8(5)10)12-6(2)11-7;6*1-2/h3*3-4H,1-2H3,(H,11,12);6*1-2H3. The highest BCUT2D eigenvalue weighted by molar-refractivity contribution is 6.35. The first-order chi connectivity index (χ1) is 23.0. The van der Waals surface area contributed by atoms with Crippen LogP contribution in [-0.4, -0.2) is 29.9 Å². The van der Waals surface area contributed by atoms with Crippen LogP contribution in [0.1, 0.15) is 117 Å². The molecule has 0 radical (unpaired) electrons. The van der Waals surface area contributed by atoms with Crippen molar-refractivity contribution in [3.8, 4) is 0 Å². The number of benzene rings is 3. The number of H-pyrrole nitrogens is 3. The van der Waals surface area contributed by atoms with Crippen molar-refractivity contribution in [1.82, 2.24) is 29.9 Å². The van der Waals surface area contributed by atoms with Gasteiger partial charge in [0.1, 0.15) is 34.3 Å². The lowest BCUT2D eigenvalue weighted by atomic mass is 10.2. The molecule has 3 N–H and O–H groups in total. The van der Waals surface area contributed by atoms with Crippen LogP contribution in [0.4, 0.5) is 8.78 Å². The van der Waals surface area contributed by atoms with Gasteiger partial charge in [-0.1, -0.05) is 107 Å². The molecule has 0 atom stereocenters. The molecule has 0 aliphatic heterocycles. The van der Waals surface area contributed by atoms with E-state index in [4.69, 9.17) is 11.6 Å². The van der Waals surface area contributed by atoms with Crippen LogP contribution in [0.25, 0.3) is 33.1 Å². The third-order valence-corrected chi connectivity index (χ3v) is 6.17. The SMILES string of the molecule is CC.CC.CC.CC.CC.CC.Cc1nc2c(Cl)c(C)ccc2[nH]1.Cc1nc2c(F)c(C)ccc2[nH]1.Cc1nc2cc(F)c(C)cc2[nH]1. The third-order valence-electron chi connectivity index (χ3n) is 5.69. The Morgan fingerprint density at radius 3 is 1.38 bits per heavy atom. The fraction of sp³-hybridized carbons (Fsp3) is 0.462. The number of nitrogens with one attached hydrogen (secondary N) is 3. The molecule has 0 bridgehead atoms. The van der Waals surface area contributed by atoms with E-state index in [2.05, 4.69) is 29.9 Å². The highest BCUT2D eigenvalue weighted by Crippen LogP contribution is 2.24. The van der Waals surface area contributed by atoms with Crippen LogP contribution in [0.3, 0.4) is 0 Å². The van der Waals surface area contributed by atoms with Crippen molar-refractivity contribution in [2.45, 2.75) is 125 Å². The summed E-state index contributed by atoms with van der Waals surface area (Å²) < 4.78 is 26.3. The quantitative estimate of drug-likeness (QED) is 0.148. The molecule has 6 aromatic rings. The van der Waals surface area contributed by atoms with Crippen LogP contribution in [0.2, 0.25) is 5.02 Å².